The highest BCUT2D eigenvalue weighted by Gasteiger charge is 2.25. The van der Waals surface area contributed by atoms with Crippen molar-refractivity contribution in [3.05, 3.63) is 24.2 Å². The van der Waals surface area contributed by atoms with Crippen LogP contribution in [0.2, 0.25) is 0 Å². The number of furan rings is 1. The molecule has 3 atom stereocenters. The van der Waals surface area contributed by atoms with Gasteiger partial charge in [0.05, 0.1) is 12.3 Å². The summed E-state index contributed by atoms with van der Waals surface area (Å²) in [4.78, 5) is 0. The van der Waals surface area contributed by atoms with E-state index in [4.69, 9.17) is 10.2 Å². The Hall–Kier alpha value is -0.800. The van der Waals surface area contributed by atoms with Crippen LogP contribution in [0.3, 0.4) is 0 Å². The Labute approximate surface area is 97.4 Å². The minimum atomic E-state index is 0.284. The van der Waals surface area contributed by atoms with Crippen molar-refractivity contribution in [2.45, 2.75) is 44.7 Å². The van der Waals surface area contributed by atoms with Crippen molar-refractivity contribution < 1.29 is 4.42 Å². The van der Waals surface area contributed by atoms with Crippen molar-refractivity contribution in [3.63, 3.8) is 0 Å². The lowest BCUT2D eigenvalue weighted by atomic mass is 9.84. The third-order valence-corrected chi connectivity index (χ3v) is 3.65. The predicted molar refractivity (Wildman–Crippen MR) is 65.1 cm³/mol. The molecule has 0 radical (unpaired) electrons. The molecule has 0 aliphatic heterocycles. The molecular formula is C13H22N2O. The van der Waals surface area contributed by atoms with Gasteiger partial charge in [0.15, 0.2) is 0 Å². The maximum absolute atomic E-state index is 5.82. The largest absolute Gasteiger partial charge is 0.468 e. The third kappa shape index (κ3) is 2.66. The summed E-state index contributed by atoms with van der Waals surface area (Å²) < 4.78 is 5.41. The zero-order valence-electron chi connectivity index (χ0n) is 9.99. The van der Waals surface area contributed by atoms with Crippen molar-refractivity contribution in [2.75, 3.05) is 6.54 Å². The standard InChI is InChI=1S/C13H22N2O/c1-10(13-7-4-8-16-13)15-12-6-3-2-5-11(12)9-14/h4,7-8,10-12,15H,2-3,5-6,9,14H2,1H3. The number of hydrogen-bond acceptors (Lipinski definition) is 3. The molecule has 1 aliphatic carbocycles. The second kappa shape index (κ2) is 5.51. The van der Waals surface area contributed by atoms with Gasteiger partial charge in [0, 0.05) is 6.04 Å². The van der Waals surface area contributed by atoms with Gasteiger partial charge in [-0.1, -0.05) is 12.8 Å². The highest BCUT2D eigenvalue weighted by atomic mass is 16.3. The Bertz CT molecular complexity index is 297. The van der Waals surface area contributed by atoms with Gasteiger partial charge in [0.25, 0.3) is 0 Å². The van der Waals surface area contributed by atoms with E-state index in [0.717, 1.165) is 12.3 Å². The van der Waals surface area contributed by atoms with E-state index in [0.29, 0.717) is 12.0 Å². The van der Waals surface area contributed by atoms with E-state index in [1.807, 2.05) is 12.1 Å². The van der Waals surface area contributed by atoms with E-state index in [2.05, 4.69) is 12.2 Å². The summed E-state index contributed by atoms with van der Waals surface area (Å²) in [5.41, 5.74) is 5.82. The summed E-state index contributed by atoms with van der Waals surface area (Å²) in [6.07, 6.45) is 6.88. The highest BCUT2D eigenvalue weighted by molar-refractivity contribution is 5.03. The summed E-state index contributed by atoms with van der Waals surface area (Å²) >= 11 is 0. The monoisotopic (exact) mass is 222 g/mol. The van der Waals surface area contributed by atoms with Crippen molar-refractivity contribution in [1.82, 2.24) is 5.32 Å². The van der Waals surface area contributed by atoms with Crippen molar-refractivity contribution in [2.24, 2.45) is 11.7 Å². The fourth-order valence-corrected chi connectivity index (χ4v) is 2.65. The molecule has 3 N–H and O–H groups in total. The van der Waals surface area contributed by atoms with Crippen LogP contribution in [0, 0.1) is 5.92 Å². The summed E-state index contributed by atoms with van der Waals surface area (Å²) in [5, 5.41) is 3.65. The number of hydrogen-bond donors (Lipinski definition) is 2. The molecular weight excluding hydrogens is 200 g/mol. The molecule has 1 saturated carbocycles. The number of nitrogens with one attached hydrogen (secondary N) is 1. The van der Waals surface area contributed by atoms with Crippen molar-refractivity contribution >= 4 is 0 Å². The van der Waals surface area contributed by atoms with Crippen LogP contribution in [0.4, 0.5) is 0 Å². The minimum absolute atomic E-state index is 0.284. The first-order valence-corrected chi connectivity index (χ1v) is 6.30. The smallest absolute Gasteiger partial charge is 0.120 e. The van der Waals surface area contributed by atoms with E-state index in [9.17, 15) is 0 Å². The first kappa shape index (κ1) is 11.7. The van der Waals surface area contributed by atoms with Crippen LogP contribution in [-0.4, -0.2) is 12.6 Å². The first-order valence-electron chi connectivity index (χ1n) is 6.30. The van der Waals surface area contributed by atoms with Gasteiger partial charge in [-0.2, -0.15) is 0 Å². The zero-order valence-corrected chi connectivity index (χ0v) is 9.99. The molecule has 0 spiro atoms. The van der Waals surface area contributed by atoms with Crippen LogP contribution in [0.5, 0.6) is 0 Å². The van der Waals surface area contributed by atoms with E-state index < -0.39 is 0 Å². The summed E-state index contributed by atoms with van der Waals surface area (Å²) in [5.74, 6) is 1.65. The molecule has 16 heavy (non-hydrogen) atoms. The molecule has 3 nitrogen and oxygen atoms in total. The van der Waals surface area contributed by atoms with Crippen molar-refractivity contribution in [3.8, 4) is 0 Å². The van der Waals surface area contributed by atoms with Crippen LogP contribution in [0.1, 0.15) is 44.4 Å². The van der Waals surface area contributed by atoms with Crippen LogP contribution in [0.15, 0.2) is 22.8 Å². The van der Waals surface area contributed by atoms with E-state index in [1.54, 1.807) is 6.26 Å². The minimum Gasteiger partial charge on any atom is -0.468 e. The van der Waals surface area contributed by atoms with Gasteiger partial charge in [-0.25, -0.2) is 0 Å². The lowest BCUT2D eigenvalue weighted by molar-refractivity contribution is 0.243. The SMILES string of the molecule is CC(NC1CCCCC1CN)c1ccco1. The fraction of sp³-hybridized carbons (Fsp3) is 0.692. The lowest BCUT2D eigenvalue weighted by Crippen LogP contribution is -2.42. The normalized spacial score (nSPS) is 27.9. The van der Waals surface area contributed by atoms with Crippen LogP contribution >= 0.6 is 0 Å². The van der Waals surface area contributed by atoms with Gasteiger partial charge in [0.2, 0.25) is 0 Å². The molecule has 0 amide bonds. The Morgan fingerprint density at radius 3 is 3.00 bits per heavy atom. The molecule has 1 aromatic rings. The molecule has 2 rings (SSSR count). The Morgan fingerprint density at radius 2 is 2.31 bits per heavy atom. The fourth-order valence-electron chi connectivity index (χ4n) is 2.65. The molecule has 1 fully saturated rings. The van der Waals surface area contributed by atoms with Gasteiger partial charge in [0.1, 0.15) is 5.76 Å². The van der Waals surface area contributed by atoms with E-state index >= 15 is 0 Å². The van der Waals surface area contributed by atoms with Crippen LogP contribution < -0.4 is 11.1 Å². The molecule has 1 aromatic heterocycles. The highest BCUT2D eigenvalue weighted by Crippen LogP contribution is 2.26. The zero-order chi connectivity index (χ0) is 11.4. The molecule has 0 aromatic carbocycles. The van der Waals surface area contributed by atoms with Gasteiger partial charge in [-0.3, -0.25) is 0 Å². The lowest BCUT2D eigenvalue weighted by Gasteiger charge is -2.33. The molecule has 3 heteroatoms. The Morgan fingerprint density at radius 1 is 1.50 bits per heavy atom. The maximum Gasteiger partial charge on any atom is 0.120 e. The topological polar surface area (TPSA) is 51.2 Å². The average Bonchev–Trinajstić information content (AvgIpc) is 2.83. The molecule has 3 unspecified atom stereocenters. The van der Waals surface area contributed by atoms with Gasteiger partial charge in [-0.15, -0.1) is 0 Å². The molecule has 90 valence electrons. The molecule has 1 aliphatic rings. The second-order valence-electron chi connectivity index (χ2n) is 4.79. The van der Waals surface area contributed by atoms with E-state index in [-0.39, 0.29) is 6.04 Å². The molecule has 0 bridgehead atoms. The summed E-state index contributed by atoms with van der Waals surface area (Å²) in [7, 11) is 0. The average molecular weight is 222 g/mol. The van der Waals surface area contributed by atoms with Gasteiger partial charge in [-0.05, 0) is 44.4 Å². The summed E-state index contributed by atoms with van der Waals surface area (Å²) in [6.45, 7) is 2.95. The third-order valence-electron chi connectivity index (χ3n) is 3.65. The summed E-state index contributed by atoms with van der Waals surface area (Å²) in [6, 6.07) is 4.80. The van der Waals surface area contributed by atoms with Crippen LogP contribution in [-0.2, 0) is 0 Å². The Balaban J connectivity index is 1.92. The van der Waals surface area contributed by atoms with Crippen molar-refractivity contribution in [1.29, 1.82) is 0 Å². The quantitative estimate of drug-likeness (QED) is 0.822. The van der Waals surface area contributed by atoms with Crippen LogP contribution in [0.25, 0.3) is 0 Å². The Kier molecular flexibility index (Phi) is 4.02. The van der Waals surface area contributed by atoms with Gasteiger partial charge >= 0.3 is 0 Å². The molecule has 0 saturated heterocycles. The van der Waals surface area contributed by atoms with Gasteiger partial charge < -0.3 is 15.5 Å². The predicted octanol–water partition coefficient (Wildman–Crippen LogP) is 2.45. The van der Waals surface area contributed by atoms with E-state index in [1.165, 1.54) is 25.7 Å². The first-order chi connectivity index (χ1) is 7.81. The second-order valence-corrected chi connectivity index (χ2v) is 4.79. The number of rotatable bonds is 4. The number of nitrogens with two attached hydrogens (primary N) is 1. The molecule has 1 heterocycles. The maximum atomic E-state index is 5.82.